The smallest absolute Gasteiger partial charge is 0.267 e. The van der Waals surface area contributed by atoms with Crippen LogP contribution in [0, 0.1) is 5.82 Å². The SMILES string of the molecule is O=C(CSc1nc2sc3c(c2c(=O)n1-c1ccccc1)CCCC3)N/N=C/c1ccccc1F. The first-order chi connectivity index (χ1) is 16.6. The molecule has 1 amide bonds. The molecular formula is C25H21FN4O2S2. The number of benzene rings is 2. The number of hydrogen-bond donors (Lipinski definition) is 1. The van der Waals surface area contributed by atoms with Crippen LogP contribution in [-0.4, -0.2) is 27.4 Å². The van der Waals surface area contributed by atoms with Crippen LogP contribution in [0.5, 0.6) is 0 Å². The lowest BCUT2D eigenvalue weighted by atomic mass is 9.97. The maximum Gasteiger partial charge on any atom is 0.267 e. The Bertz CT molecular complexity index is 1450. The number of hydrogen-bond acceptors (Lipinski definition) is 6. The summed E-state index contributed by atoms with van der Waals surface area (Å²) >= 11 is 2.75. The molecule has 5 rings (SSSR count). The number of thiophene rings is 1. The van der Waals surface area contributed by atoms with Gasteiger partial charge in [-0.3, -0.25) is 14.2 Å². The van der Waals surface area contributed by atoms with Crippen LogP contribution < -0.4 is 11.0 Å². The summed E-state index contributed by atoms with van der Waals surface area (Å²) in [6.45, 7) is 0. The van der Waals surface area contributed by atoms with Crippen LogP contribution in [0.25, 0.3) is 15.9 Å². The Morgan fingerprint density at radius 2 is 1.91 bits per heavy atom. The largest absolute Gasteiger partial charge is 0.272 e. The van der Waals surface area contributed by atoms with Crippen molar-refractivity contribution in [2.75, 3.05) is 5.75 Å². The number of para-hydroxylation sites is 1. The number of thioether (sulfide) groups is 1. The second-order valence-corrected chi connectivity index (χ2v) is 9.89. The maximum atomic E-state index is 13.7. The van der Waals surface area contributed by atoms with Gasteiger partial charge in [-0.2, -0.15) is 5.10 Å². The van der Waals surface area contributed by atoms with Gasteiger partial charge in [0.05, 0.1) is 23.0 Å². The third-order valence-corrected chi connectivity index (χ3v) is 7.73. The number of aryl methyl sites for hydroxylation is 2. The molecule has 0 radical (unpaired) electrons. The second kappa shape index (κ2) is 9.90. The summed E-state index contributed by atoms with van der Waals surface area (Å²) in [7, 11) is 0. The van der Waals surface area contributed by atoms with E-state index in [2.05, 4.69) is 10.5 Å². The monoisotopic (exact) mass is 492 g/mol. The Morgan fingerprint density at radius 1 is 1.15 bits per heavy atom. The number of halogens is 1. The lowest BCUT2D eigenvalue weighted by Gasteiger charge is -2.13. The van der Waals surface area contributed by atoms with Crippen molar-refractivity contribution < 1.29 is 9.18 Å². The molecule has 0 saturated heterocycles. The molecule has 1 aliphatic rings. The summed E-state index contributed by atoms with van der Waals surface area (Å²) in [4.78, 5) is 32.8. The van der Waals surface area contributed by atoms with Gasteiger partial charge in [0.15, 0.2) is 5.16 Å². The van der Waals surface area contributed by atoms with Gasteiger partial charge in [0.2, 0.25) is 0 Å². The van der Waals surface area contributed by atoms with Crippen LogP contribution in [-0.2, 0) is 17.6 Å². The number of carbonyl (C=O) groups is 1. The minimum Gasteiger partial charge on any atom is -0.272 e. The minimum atomic E-state index is -0.419. The van der Waals surface area contributed by atoms with Crippen molar-refractivity contribution in [2.24, 2.45) is 5.10 Å². The number of carbonyl (C=O) groups excluding carboxylic acids is 1. The van der Waals surface area contributed by atoms with Crippen molar-refractivity contribution in [1.29, 1.82) is 0 Å². The number of amides is 1. The third kappa shape index (κ3) is 4.53. The van der Waals surface area contributed by atoms with Gasteiger partial charge in [-0.05, 0) is 49.4 Å². The average molecular weight is 493 g/mol. The molecule has 9 heteroatoms. The van der Waals surface area contributed by atoms with E-state index in [1.54, 1.807) is 34.1 Å². The van der Waals surface area contributed by atoms with Gasteiger partial charge in [0.25, 0.3) is 11.5 Å². The van der Waals surface area contributed by atoms with E-state index in [0.29, 0.717) is 16.2 Å². The van der Waals surface area contributed by atoms with Crippen molar-refractivity contribution in [1.82, 2.24) is 15.0 Å². The van der Waals surface area contributed by atoms with Gasteiger partial charge >= 0.3 is 0 Å². The zero-order valence-electron chi connectivity index (χ0n) is 18.2. The van der Waals surface area contributed by atoms with Gasteiger partial charge < -0.3 is 0 Å². The summed E-state index contributed by atoms with van der Waals surface area (Å²) in [6, 6.07) is 15.5. The number of nitrogens with one attached hydrogen (secondary N) is 1. The number of nitrogens with zero attached hydrogens (tertiary/aromatic N) is 3. The maximum absolute atomic E-state index is 13.7. The van der Waals surface area contributed by atoms with E-state index in [1.165, 1.54) is 28.9 Å². The number of rotatable bonds is 6. The van der Waals surface area contributed by atoms with Gasteiger partial charge in [0, 0.05) is 10.4 Å². The summed E-state index contributed by atoms with van der Waals surface area (Å²) in [5.41, 5.74) is 4.43. The highest BCUT2D eigenvalue weighted by atomic mass is 32.2. The van der Waals surface area contributed by atoms with Gasteiger partial charge in [0.1, 0.15) is 10.6 Å². The van der Waals surface area contributed by atoms with Gasteiger partial charge in [-0.1, -0.05) is 48.2 Å². The van der Waals surface area contributed by atoms with E-state index in [1.807, 2.05) is 30.3 Å². The molecule has 1 N–H and O–H groups in total. The van der Waals surface area contributed by atoms with Crippen molar-refractivity contribution in [3.63, 3.8) is 0 Å². The Labute approximate surface area is 203 Å². The lowest BCUT2D eigenvalue weighted by molar-refractivity contribution is -0.118. The van der Waals surface area contributed by atoms with E-state index < -0.39 is 5.82 Å². The molecule has 0 spiro atoms. The molecule has 2 aromatic carbocycles. The number of hydrazone groups is 1. The average Bonchev–Trinajstić information content (AvgIpc) is 3.23. The quantitative estimate of drug-likeness (QED) is 0.183. The first-order valence-corrected chi connectivity index (χ1v) is 12.7. The van der Waals surface area contributed by atoms with E-state index in [9.17, 15) is 14.0 Å². The summed E-state index contributed by atoms with van der Waals surface area (Å²) in [6.07, 6.45) is 5.34. The Kier molecular flexibility index (Phi) is 6.55. The molecule has 0 bridgehead atoms. The molecule has 0 fully saturated rings. The lowest BCUT2D eigenvalue weighted by Crippen LogP contribution is -2.24. The molecule has 0 aliphatic heterocycles. The third-order valence-electron chi connectivity index (χ3n) is 5.60. The first kappa shape index (κ1) is 22.5. The molecule has 172 valence electrons. The fourth-order valence-electron chi connectivity index (χ4n) is 4.00. The standard InChI is InChI=1S/C25H21FN4O2S2/c26-19-12-6-4-8-16(19)14-27-29-21(31)15-33-25-28-23-22(18-11-5-7-13-20(18)34-23)24(32)30(25)17-9-2-1-3-10-17/h1-4,6,8-10,12,14H,5,7,11,13,15H2,(H,29,31)/b27-14+. The fourth-order valence-corrected chi connectivity index (χ4v) is 6.11. The Hall–Kier alpha value is -3.30. The predicted octanol–water partition coefficient (Wildman–Crippen LogP) is 4.71. The molecular weight excluding hydrogens is 471 g/mol. The number of fused-ring (bicyclic) bond motifs is 3. The summed E-state index contributed by atoms with van der Waals surface area (Å²) in [5, 5.41) is 5.00. The van der Waals surface area contributed by atoms with E-state index in [-0.39, 0.29) is 22.8 Å². The van der Waals surface area contributed by atoms with E-state index in [0.717, 1.165) is 36.1 Å². The van der Waals surface area contributed by atoms with Crippen LogP contribution >= 0.6 is 23.1 Å². The van der Waals surface area contributed by atoms with E-state index in [4.69, 9.17) is 4.98 Å². The van der Waals surface area contributed by atoms with Crippen LogP contribution in [0.1, 0.15) is 28.8 Å². The molecule has 4 aromatic rings. The fraction of sp³-hybridized carbons (Fsp3) is 0.200. The highest BCUT2D eigenvalue weighted by molar-refractivity contribution is 7.99. The Balaban J connectivity index is 1.42. The Morgan fingerprint density at radius 3 is 2.74 bits per heavy atom. The van der Waals surface area contributed by atoms with Gasteiger partial charge in [-0.15, -0.1) is 11.3 Å². The minimum absolute atomic E-state index is 0.00445. The van der Waals surface area contributed by atoms with Crippen molar-refractivity contribution in [2.45, 2.75) is 30.8 Å². The topological polar surface area (TPSA) is 76.3 Å². The van der Waals surface area contributed by atoms with Crippen LogP contribution in [0.15, 0.2) is 69.6 Å². The summed E-state index contributed by atoms with van der Waals surface area (Å²) < 4.78 is 15.3. The molecule has 2 aromatic heterocycles. The molecule has 0 saturated carbocycles. The van der Waals surface area contributed by atoms with Gasteiger partial charge in [-0.25, -0.2) is 14.8 Å². The summed E-state index contributed by atoms with van der Waals surface area (Å²) in [5.74, 6) is -0.792. The van der Waals surface area contributed by atoms with Crippen molar-refractivity contribution >= 4 is 45.4 Å². The molecule has 34 heavy (non-hydrogen) atoms. The van der Waals surface area contributed by atoms with Crippen LogP contribution in [0.4, 0.5) is 4.39 Å². The molecule has 0 unspecified atom stereocenters. The number of aromatic nitrogens is 2. The normalized spacial score (nSPS) is 13.3. The molecule has 2 heterocycles. The second-order valence-electron chi connectivity index (χ2n) is 7.86. The zero-order valence-corrected chi connectivity index (χ0v) is 19.8. The van der Waals surface area contributed by atoms with Crippen molar-refractivity contribution in [3.8, 4) is 5.69 Å². The highest BCUT2D eigenvalue weighted by Gasteiger charge is 2.23. The molecule has 1 aliphatic carbocycles. The van der Waals surface area contributed by atoms with Crippen LogP contribution in [0.3, 0.4) is 0 Å². The zero-order chi connectivity index (χ0) is 23.5. The predicted molar refractivity (Wildman–Crippen MR) is 135 cm³/mol. The molecule has 6 nitrogen and oxygen atoms in total. The van der Waals surface area contributed by atoms with E-state index >= 15 is 0 Å². The first-order valence-electron chi connectivity index (χ1n) is 10.9. The highest BCUT2D eigenvalue weighted by Crippen LogP contribution is 2.35. The van der Waals surface area contributed by atoms with Crippen LogP contribution in [0.2, 0.25) is 0 Å². The molecule has 0 atom stereocenters. The van der Waals surface area contributed by atoms with Crippen molar-refractivity contribution in [3.05, 3.63) is 86.8 Å².